The minimum Gasteiger partial charge on any atom is -0.462 e. The van der Waals surface area contributed by atoms with Crippen LogP contribution in [0.15, 0.2) is 12.2 Å². The number of aliphatic hydroxyl groups is 1. The summed E-state index contributed by atoms with van der Waals surface area (Å²) in [4.78, 5) is 22.2. The lowest BCUT2D eigenvalue weighted by molar-refractivity contribution is -0.149. The maximum atomic E-state index is 11.5. The highest BCUT2D eigenvalue weighted by atomic mass is 16.5. The van der Waals surface area contributed by atoms with Crippen LogP contribution in [0.5, 0.6) is 0 Å². The molecule has 0 aliphatic rings. The molecule has 0 aliphatic heterocycles. The molecule has 20 heavy (non-hydrogen) atoms. The first-order valence-corrected chi connectivity index (χ1v) is 6.50. The summed E-state index contributed by atoms with van der Waals surface area (Å²) in [5.74, 6) is -1.20. The maximum absolute atomic E-state index is 11.5. The highest BCUT2D eigenvalue weighted by Crippen LogP contribution is 2.32. The third-order valence-electron chi connectivity index (χ3n) is 3.09. The molecular weight excluding hydrogens is 260 g/mol. The Hall–Kier alpha value is -1.40. The number of carbonyl (C=O) groups excluding carboxylic acids is 2. The van der Waals surface area contributed by atoms with E-state index in [1.54, 1.807) is 6.92 Å². The van der Waals surface area contributed by atoms with Gasteiger partial charge in [-0.3, -0.25) is 9.59 Å². The zero-order chi connectivity index (χ0) is 16.1. The Kier molecular flexibility index (Phi) is 6.37. The molecule has 0 aromatic rings. The summed E-state index contributed by atoms with van der Waals surface area (Å²) in [6, 6.07) is -0.868. The monoisotopic (exact) mass is 286 g/mol. The van der Waals surface area contributed by atoms with E-state index < -0.39 is 23.5 Å². The lowest BCUT2D eigenvalue weighted by Crippen LogP contribution is -2.39. The predicted molar refractivity (Wildman–Crippen MR) is 76.6 cm³/mol. The van der Waals surface area contributed by atoms with Gasteiger partial charge in [-0.1, -0.05) is 27.4 Å². The third kappa shape index (κ3) is 6.16. The first kappa shape index (κ1) is 18.6. The van der Waals surface area contributed by atoms with Crippen molar-refractivity contribution in [1.82, 2.24) is 0 Å². The zero-order valence-corrected chi connectivity index (χ0v) is 12.7. The standard InChI is InChI=1S/C14H26N2O4/c1-9(13(2,3)4)14(5,19)8-20-11(17)7-6-10(15)12(16)18/h10,19H,1,6-8,15H2,2-5H3,(H2,16,18). The largest absolute Gasteiger partial charge is 0.462 e. The van der Waals surface area contributed by atoms with Gasteiger partial charge in [0.15, 0.2) is 0 Å². The number of rotatable bonds is 7. The summed E-state index contributed by atoms with van der Waals surface area (Å²) in [5, 5.41) is 10.3. The van der Waals surface area contributed by atoms with Crippen LogP contribution >= 0.6 is 0 Å². The second-order valence-electron chi connectivity index (χ2n) is 6.21. The topological polar surface area (TPSA) is 116 Å². The first-order chi connectivity index (χ1) is 8.88. The molecule has 0 bridgehead atoms. The van der Waals surface area contributed by atoms with Crippen LogP contribution in [0, 0.1) is 5.41 Å². The molecule has 0 radical (unpaired) electrons. The summed E-state index contributed by atoms with van der Waals surface area (Å²) in [7, 11) is 0. The number of ether oxygens (including phenoxy) is 1. The van der Waals surface area contributed by atoms with E-state index in [9.17, 15) is 14.7 Å². The van der Waals surface area contributed by atoms with E-state index in [-0.39, 0.29) is 24.9 Å². The van der Waals surface area contributed by atoms with Crippen molar-refractivity contribution in [1.29, 1.82) is 0 Å². The van der Waals surface area contributed by atoms with Crippen LogP contribution in [0.3, 0.4) is 0 Å². The number of carbonyl (C=O) groups is 2. The molecule has 2 atom stereocenters. The lowest BCUT2D eigenvalue weighted by Gasteiger charge is -2.34. The number of amides is 1. The zero-order valence-electron chi connectivity index (χ0n) is 12.7. The van der Waals surface area contributed by atoms with Gasteiger partial charge in [0.05, 0.1) is 6.04 Å². The Morgan fingerprint density at radius 1 is 1.30 bits per heavy atom. The average molecular weight is 286 g/mol. The van der Waals surface area contributed by atoms with Gasteiger partial charge in [-0.25, -0.2) is 0 Å². The SMILES string of the molecule is C=C(C(C)(C)C)C(C)(O)COC(=O)CCC(N)C(N)=O. The molecule has 2 unspecified atom stereocenters. The van der Waals surface area contributed by atoms with Crippen molar-refractivity contribution in [2.75, 3.05) is 6.61 Å². The average Bonchev–Trinajstić information content (AvgIpc) is 2.31. The van der Waals surface area contributed by atoms with E-state index in [2.05, 4.69) is 6.58 Å². The number of primary amides is 1. The van der Waals surface area contributed by atoms with E-state index in [1.807, 2.05) is 20.8 Å². The molecule has 0 spiro atoms. The fraction of sp³-hybridized carbons (Fsp3) is 0.714. The summed E-state index contributed by atoms with van der Waals surface area (Å²) < 4.78 is 5.00. The van der Waals surface area contributed by atoms with E-state index in [1.165, 1.54) is 0 Å². The molecule has 0 heterocycles. The van der Waals surface area contributed by atoms with E-state index in [0.717, 1.165) is 0 Å². The number of hydrogen-bond acceptors (Lipinski definition) is 5. The van der Waals surface area contributed by atoms with Crippen LogP contribution < -0.4 is 11.5 Å². The first-order valence-electron chi connectivity index (χ1n) is 6.50. The molecule has 0 aromatic carbocycles. The van der Waals surface area contributed by atoms with Crippen LogP contribution in [-0.4, -0.2) is 35.2 Å². The molecule has 0 saturated heterocycles. The van der Waals surface area contributed by atoms with Crippen LogP contribution in [0.4, 0.5) is 0 Å². The molecule has 5 N–H and O–H groups in total. The Morgan fingerprint density at radius 2 is 1.80 bits per heavy atom. The summed E-state index contributed by atoms with van der Waals surface area (Å²) in [6.45, 7) is 11.0. The smallest absolute Gasteiger partial charge is 0.305 e. The summed E-state index contributed by atoms with van der Waals surface area (Å²) in [6.07, 6.45) is 0.0959. The molecular formula is C14H26N2O4. The Bertz CT molecular complexity index is 383. The van der Waals surface area contributed by atoms with Crippen LogP contribution in [0.25, 0.3) is 0 Å². The van der Waals surface area contributed by atoms with Crippen molar-refractivity contribution in [3.63, 3.8) is 0 Å². The second kappa shape index (κ2) is 6.85. The predicted octanol–water partition coefficient (Wildman–Crippen LogP) is 0.476. The van der Waals surface area contributed by atoms with Crippen LogP contribution in [0.2, 0.25) is 0 Å². The van der Waals surface area contributed by atoms with Crippen molar-refractivity contribution >= 4 is 11.9 Å². The molecule has 0 aliphatic carbocycles. The Balaban J connectivity index is 4.31. The van der Waals surface area contributed by atoms with Crippen molar-refractivity contribution < 1.29 is 19.4 Å². The molecule has 116 valence electrons. The minimum atomic E-state index is -1.31. The van der Waals surface area contributed by atoms with Crippen molar-refractivity contribution in [3.8, 4) is 0 Å². The molecule has 0 saturated carbocycles. The fourth-order valence-corrected chi connectivity index (χ4v) is 1.60. The number of hydrogen-bond donors (Lipinski definition) is 3. The third-order valence-corrected chi connectivity index (χ3v) is 3.09. The lowest BCUT2D eigenvalue weighted by atomic mass is 9.78. The van der Waals surface area contributed by atoms with Gasteiger partial charge in [-0.2, -0.15) is 0 Å². The van der Waals surface area contributed by atoms with Gasteiger partial charge in [-0.05, 0) is 24.3 Å². The highest BCUT2D eigenvalue weighted by molar-refractivity contribution is 5.80. The van der Waals surface area contributed by atoms with E-state index in [4.69, 9.17) is 16.2 Å². The molecule has 0 rings (SSSR count). The van der Waals surface area contributed by atoms with Crippen molar-refractivity contribution in [2.45, 2.75) is 52.2 Å². The summed E-state index contributed by atoms with van der Waals surface area (Å²) in [5.41, 5.74) is 9.36. The minimum absolute atomic E-state index is 0.0256. The molecule has 0 fully saturated rings. The van der Waals surface area contributed by atoms with Gasteiger partial charge in [0, 0.05) is 6.42 Å². The van der Waals surface area contributed by atoms with Gasteiger partial charge in [0.25, 0.3) is 0 Å². The highest BCUT2D eigenvalue weighted by Gasteiger charge is 2.33. The summed E-state index contributed by atoms with van der Waals surface area (Å²) >= 11 is 0. The Labute approximate surface area is 120 Å². The van der Waals surface area contributed by atoms with Crippen molar-refractivity contribution in [2.24, 2.45) is 16.9 Å². The quantitative estimate of drug-likeness (QED) is 0.465. The fourth-order valence-electron chi connectivity index (χ4n) is 1.60. The molecule has 0 aromatic heterocycles. The van der Waals surface area contributed by atoms with Crippen LogP contribution in [-0.2, 0) is 14.3 Å². The van der Waals surface area contributed by atoms with Gasteiger partial charge in [-0.15, -0.1) is 0 Å². The number of nitrogens with two attached hydrogens (primary N) is 2. The van der Waals surface area contributed by atoms with Gasteiger partial charge in [0.1, 0.15) is 12.2 Å². The Morgan fingerprint density at radius 3 is 2.20 bits per heavy atom. The maximum Gasteiger partial charge on any atom is 0.305 e. The van der Waals surface area contributed by atoms with Gasteiger partial charge < -0.3 is 21.3 Å². The molecule has 1 amide bonds. The van der Waals surface area contributed by atoms with Crippen LogP contribution in [0.1, 0.15) is 40.5 Å². The van der Waals surface area contributed by atoms with Crippen molar-refractivity contribution in [3.05, 3.63) is 12.2 Å². The van der Waals surface area contributed by atoms with Gasteiger partial charge >= 0.3 is 5.97 Å². The van der Waals surface area contributed by atoms with E-state index in [0.29, 0.717) is 5.57 Å². The van der Waals surface area contributed by atoms with Gasteiger partial charge in [0.2, 0.25) is 5.91 Å². The second-order valence-corrected chi connectivity index (χ2v) is 6.21. The normalized spacial score (nSPS) is 16.1. The molecule has 6 heteroatoms. The number of esters is 1. The molecule has 6 nitrogen and oxygen atoms in total. The van der Waals surface area contributed by atoms with E-state index >= 15 is 0 Å².